The molecule has 1 heterocycles. The minimum atomic E-state index is -0.336. The normalized spacial score (nSPS) is 10.9. The maximum absolute atomic E-state index is 11.9. The van der Waals surface area contributed by atoms with Crippen LogP contribution in [0.1, 0.15) is 5.56 Å². The first-order chi connectivity index (χ1) is 12.6. The number of hydrogen-bond acceptors (Lipinski definition) is 8. The van der Waals surface area contributed by atoms with Crippen LogP contribution in [-0.4, -0.2) is 48.3 Å². The Hall–Kier alpha value is -3.40. The molecule has 1 amide bonds. The van der Waals surface area contributed by atoms with Crippen molar-refractivity contribution in [2.45, 2.75) is 5.16 Å². The number of nitrogens with one attached hydrogen (secondary N) is 1. The van der Waals surface area contributed by atoms with Crippen molar-refractivity contribution in [1.29, 1.82) is 0 Å². The van der Waals surface area contributed by atoms with E-state index in [1.807, 2.05) is 30.3 Å². The first-order valence-electron chi connectivity index (χ1n) is 7.44. The number of rotatable bonds is 6. The van der Waals surface area contributed by atoms with Crippen LogP contribution < -0.4 is 5.43 Å². The number of phenolic OH excluding ortho intramolecular Hbond substituents is 2. The molecule has 26 heavy (non-hydrogen) atoms. The maximum Gasteiger partial charge on any atom is 0.250 e. The Balaban J connectivity index is 1.54. The fourth-order valence-corrected chi connectivity index (χ4v) is 2.65. The molecule has 0 aliphatic heterocycles. The van der Waals surface area contributed by atoms with Crippen LogP contribution in [0.15, 0.2) is 58.8 Å². The zero-order valence-corrected chi connectivity index (χ0v) is 14.2. The van der Waals surface area contributed by atoms with Crippen molar-refractivity contribution >= 4 is 23.9 Å². The van der Waals surface area contributed by atoms with Gasteiger partial charge >= 0.3 is 0 Å². The number of phenols is 2. The molecule has 0 radical (unpaired) electrons. The fraction of sp³-hybridized carbons (Fsp3) is 0.0625. The number of hydrogen-bond donors (Lipinski definition) is 3. The third-order valence-electron chi connectivity index (χ3n) is 3.18. The van der Waals surface area contributed by atoms with E-state index >= 15 is 0 Å². The summed E-state index contributed by atoms with van der Waals surface area (Å²) in [7, 11) is 0. The van der Waals surface area contributed by atoms with Crippen LogP contribution in [-0.2, 0) is 4.79 Å². The molecule has 9 nitrogen and oxygen atoms in total. The minimum Gasteiger partial charge on any atom is -0.504 e. The Labute approximate surface area is 152 Å². The summed E-state index contributed by atoms with van der Waals surface area (Å²) in [5.41, 5.74) is 3.70. The number of aromatic hydroxyl groups is 2. The van der Waals surface area contributed by atoms with E-state index in [1.165, 1.54) is 30.1 Å². The second-order valence-electron chi connectivity index (χ2n) is 5.04. The van der Waals surface area contributed by atoms with Gasteiger partial charge in [-0.3, -0.25) is 4.79 Å². The lowest BCUT2D eigenvalue weighted by Gasteiger charge is -2.03. The average molecular weight is 370 g/mol. The standard InChI is InChI=1S/C16H14N6O3S/c23-13-7-6-11(8-14(13)24)9-17-18-15(25)10-26-16-19-20-21-22(16)12-4-2-1-3-5-12/h1-9,23-24H,10H2,(H,18,25)/b17-9+. The zero-order valence-electron chi connectivity index (χ0n) is 13.4. The van der Waals surface area contributed by atoms with Gasteiger partial charge in [0.1, 0.15) is 0 Å². The van der Waals surface area contributed by atoms with E-state index in [1.54, 1.807) is 10.7 Å². The molecule has 0 spiro atoms. The fourth-order valence-electron chi connectivity index (χ4n) is 1.96. The summed E-state index contributed by atoms with van der Waals surface area (Å²) in [6, 6.07) is 13.6. The van der Waals surface area contributed by atoms with E-state index < -0.39 is 0 Å². The monoisotopic (exact) mass is 370 g/mol. The molecule has 3 N–H and O–H groups in total. The van der Waals surface area contributed by atoms with Crippen molar-refractivity contribution in [3.8, 4) is 17.2 Å². The first kappa shape index (κ1) is 17.4. The van der Waals surface area contributed by atoms with Crippen LogP contribution in [0, 0.1) is 0 Å². The lowest BCUT2D eigenvalue weighted by atomic mass is 10.2. The zero-order chi connectivity index (χ0) is 18.4. The molecule has 1 aromatic heterocycles. The molecular weight excluding hydrogens is 356 g/mol. The summed E-state index contributed by atoms with van der Waals surface area (Å²) in [5.74, 6) is -0.745. The van der Waals surface area contributed by atoms with Gasteiger partial charge in [0.25, 0.3) is 5.91 Å². The first-order valence-corrected chi connectivity index (χ1v) is 8.42. The van der Waals surface area contributed by atoms with Crippen LogP contribution >= 0.6 is 11.8 Å². The molecule has 132 valence electrons. The second-order valence-corrected chi connectivity index (χ2v) is 5.98. The highest BCUT2D eigenvalue weighted by molar-refractivity contribution is 7.99. The third kappa shape index (κ3) is 4.36. The highest BCUT2D eigenvalue weighted by atomic mass is 32.2. The number of hydrazone groups is 1. The molecule has 0 saturated carbocycles. The molecule has 0 aliphatic rings. The summed E-state index contributed by atoms with van der Waals surface area (Å²) in [4.78, 5) is 11.9. The summed E-state index contributed by atoms with van der Waals surface area (Å²) in [5, 5.41) is 34.4. The highest BCUT2D eigenvalue weighted by Gasteiger charge is 2.11. The van der Waals surface area contributed by atoms with E-state index in [0.29, 0.717) is 10.7 Å². The van der Waals surface area contributed by atoms with Gasteiger partial charge in [0.2, 0.25) is 5.16 Å². The molecular formula is C16H14N6O3S. The summed E-state index contributed by atoms with van der Waals surface area (Å²) in [6.45, 7) is 0. The molecule has 2 aromatic carbocycles. The Morgan fingerprint density at radius 1 is 1.19 bits per heavy atom. The lowest BCUT2D eigenvalue weighted by Crippen LogP contribution is -2.20. The van der Waals surface area contributed by atoms with Crippen molar-refractivity contribution in [3.63, 3.8) is 0 Å². The molecule has 3 rings (SSSR count). The van der Waals surface area contributed by atoms with Crippen molar-refractivity contribution in [3.05, 3.63) is 54.1 Å². The molecule has 0 unspecified atom stereocenters. The van der Waals surface area contributed by atoms with E-state index in [0.717, 1.165) is 5.69 Å². The Bertz CT molecular complexity index is 929. The largest absolute Gasteiger partial charge is 0.504 e. The maximum atomic E-state index is 11.9. The number of carbonyl (C=O) groups excluding carboxylic acids is 1. The minimum absolute atomic E-state index is 0.0748. The van der Waals surface area contributed by atoms with Gasteiger partial charge < -0.3 is 10.2 Å². The van der Waals surface area contributed by atoms with Crippen LogP contribution in [0.2, 0.25) is 0 Å². The molecule has 3 aromatic rings. The lowest BCUT2D eigenvalue weighted by molar-refractivity contribution is -0.118. The van der Waals surface area contributed by atoms with Crippen molar-refractivity contribution in [2.75, 3.05) is 5.75 Å². The van der Waals surface area contributed by atoms with Gasteiger partial charge in [-0.05, 0) is 46.3 Å². The molecule has 10 heteroatoms. The quantitative estimate of drug-likeness (QED) is 0.258. The number of benzene rings is 2. The van der Waals surface area contributed by atoms with Crippen molar-refractivity contribution < 1.29 is 15.0 Å². The molecule has 0 atom stereocenters. The van der Waals surface area contributed by atoms with E-state index in [4.69, 9.17) is 0 Å². The summed E-state index contributed by atoms with van der Waals surface area (Å²) < 4.78 is 1.54. The van der Waals surface area contributed by atoms with Crippen LogP contribution in [0.25, 0.3) is 5.69 Å². The highest BCUT2D eigenvalue weighted by Crippen LogP contribution is 2.24. The number of para-hydroxylation sites is 1. The average Bonchev–Trinajstić information content (AvgIpc) is 3.12. The Morgan fingerprint density at radius 3 is 2.77 bits per heavy atom. The van der Waals surface area contributed by atoms with Gasteiger partial charge in [-0.2, -0.15) is 9.78 Å². The van der Waals surface area contributed by atoms with Gasteiger partial charge in [-0.1, -0.05) is 30.0 Å². The number of thioether (sulfide) groups is 1. The SMILES string of the molecule is O=C(CSc1nnnn1-c1ccccc1)N/N=C/c1ccc(O)c(O)c1. The van der Waals surface area contributed by atoms with Gasteiger partial charge in [-0.15, -0.1) is 5.10 Å². The Morgan fingerprint density at radius 2 is 2.00 bits per heavy atom. The predicted molar refractivity (Wildman–Crippen MR) is 95.4 cm³/mol. The molecule has 0 fully saturated rings. The summed E-state index contributed by atoms with van der Waals surface area (Å²) in [6.07, 6.45) is 1.36. The third-order valence-corrected chi connectivity index (χ3v) is 4.10. The second kappa shape index (κ2) is 8.12. The number of aromatic nitrogens is 4. The topological polar surface area (TPSA) is 126 Å². The van der Waals surface area contributed by atoms with Crippen LogP contribution in [0.3, 0.4) is 0 Å². The number of amides is 1. The Kier molecular flexibility index (Phi) is 5.44. The number of tetrazole rings is 1. The van der Waals surface area contributed by atoms with E-state index in [2.05, 4.69) is 26.1 Å². The van der Waals surface area contributed by atoms with Gasteiger partial charge in [0, 0.05) is 0 Å². The van der Waals surface area contributed by atoms with Gasteiger partial charge in [0.15, 0.2) is 11.5 Å². The van der Waals surface area contributed by atoms with E-state index in [9.17, 15) is 15.0 Å². The van der Waals surface area contributed by atoms with E-state index in [-0.39, 0.29) is 23.2 Å². The predicted octanol–water partition coefficient (Wildman–Crippen LogP) is 1.32. The molecule has 0 bridgehead atoms. The van der Waals surface area contributed by atoms with Gasteiger partial charge in [0.05, 0.1) is 17.7 Å². The number of carbonyl (C=O) groups is 1. The summed E-state index contributed by atoms with van der Waals surface area (Å²) >= 11 is 1.18. The van der Waals surface area contributed by atoms with Crippen LogP contribution in [0.5, 0.6) is 11.5 Å². The number of nitrogens with zero attached hydrogens (tertiary/aromatic N) is 5. The van der Waals surface area contributed by atoms with Crippen LogP contribution in [0.4, 0.5) is 0 Å². The molecule has 0 saturated heterocycles. The smallest absolute Gasteiger partial charge is 0.250 e. The van der Waals surface area contributed by atoms with Crippen molar-refractivity contribution in [2.24, 2.45) is 5.10 Å². The molecule has 0 aliphatic carbocycles. The van der Waals surface area contributed by atoms with Gasteiger partial charge in [-0.25, -0.2) is 5.43 Å². The van der Waals surface area contributed by atoms with Crippen molar-refractivity contribution in [1.82, 2.24) is 25.6 Å².